The molecule has 0 radical (unpaired) electrons. The van der Waals surface area contributed by atoms with Crippen LogP contribution >= 0.6 is 35.7 Å². The predicted molar refractivity (Wildman–Crippen MR) is 137 cm³/mol. The molecule has 0 unspecified atom stereocenters. The van der Waals surface area contributed by atoms with Crippen LogP contribution in [-0.2, 0) is 4.79 Å². The zero-order chi connectivity index (χ0) is 20.5. The molecule has 2 aliphatic rings. The Labute approximate surface area is 202 Å². The van der Waals surface area contributed by atoms with Crippen molar-refractivity contribution in [3.8, 4) is 0 Å². The molecule has 1 heterocycles. The van der Waals surface area contributed by atoms with Crippen LogP contribution < -0.4 is 16.4 Å². The Morgan fingerprint density at radius 2 is 1.90 bits per heavy atom. The van der Waals surface area contributed by atoms with E-state index in [1.165, 1.54) is 30.6 Å². The lowest BCUT2D eigenvalue weighted by Crippen LogP contribution is -2.50. The van der Waals surface area contributed by atoms with Crippen LogP contribution in [0.1, 0.15) is 45.4 Å². The molecule has 4 N–H and O–H groups in total. The van der Waals surface area contributed by atoms with Gasteiger partial charge in [-0.3, -0.25) is 14.7 Å². The number of hydrogen-bond donors (Lipinski definition) is 3. The van der Waals surface area contributed by atoms with E-state index in [1.54, 1.807) is 0 Å². The van der Waals surface area contributed by atoms with E-state index < -0.39 is 0 Å². The number of hydrogen-bond acceptors (Lipinski definition) is 4. The molecule has 2 fully saturated rings. The van der Waals surface area contributed by atoms with Gasteiger partial charge < -0.3 is 16.4 Å². The van der Waals surface area contributed by atoms with Crippen LogP contribution in [-0.4, -0.2) is 60.3 Å². The smallest absolute Gasteiger partial charge is 0.231 e. The highest BCUT2D eigenvalue weighted by Crippen LogP contribution is 2.45. The average molecular weight is 546 g/mol. The van der Waals surface area contributed by atoms with Gasteiger partial charge >= 0.3 is 0 Å². The van der Waals surface area contributed by atoms with Crippen LogP contribution in [0.15, 0.2) is 40.2 Å². The number of piperidine rings is 1. The molecular formula is C22H36IN5OS. The number of likely N-dealkylation sites (tertiary alicyclic amines) is 1. The molecule has 3 rings (SSSR count). The van der Waals surface area contributed by atoms with Crippen LogP contribution in [0, 0.1) is 0 Å². The number of carbonyl (C=O) groups is 1. The molecular weight excluding hydrogens is 509 g/mol. The van der Waals surface area contributed by atoms with E-state index in [0.717, 1.165) is 45.0 Å². The van der Waals surface area contributed by atoms with Gasteiger partial charge in [-0.05, 0) is 44.7 Å². The number of rotatable bonds is 8. The van der Waals surface area contributed by atoms with Gasteiger partial charge in [-0.2, -0.15) is 0 Å². The van der Waals surface area contributed by atoms with Crippen molar-refractivity contribution in [3.63, 3.8) is 0 Å². The highest BCUT2D eigenvalue weighted by molar-refractivity contribution is 14.0. The fourth-order valence-corrected chi connectivity index (χ4v) is 5.66. The zero-order valence-corrected chi connectivity index (χ0v) is 21.1. The van der Waals surface area contributed by atoms with Gasteiger partial charge in [-0.25, -0.2) is 0 Å². The lowest BCUT2D eigenvalue weighted by molar-refractivity contribution is -0.119. The van der Waals surface area contributed by atoms with E-state index in [2.05, 4.69) is 52.8 Å². The summed E-state index contributed by atoms with van der Waals surface area (Å²) in [6.07, 6.45) is 7.03. The summed E-state index contributed by atoms with van der Waals surface area (Å²) >= 11 is 2.00. The number of nitrogens with two attached hydrogens (primary N) is 1. The molecule has 6 nitrogen and oxygen atoms in total. The van der Waals surface area contributed by atoms with Gasteiger partial charge in [0.2, 0.25) is 5.91 Å². The summed E-state index contributed by atoms with van der Waals surface area (Å²) in [5, 5.41) is 7.04. The molecule has 0 spiro atoms. The Bertz CT molecular complexity index is 673. The summed E-state index contributed by atoms with van der Waals surface area (Å²) in [5.74, 6) is 0.671. The largest absolute Gasteiger partial charge is 0.369 e. The molecule has 0 bridgehead atoms. The van der Waals surface area contributed by atoms with Gasteiger partial charge in [0, 0.05) is 35.3 Å². The number of benzene rings is 1. The van der Waals surface area contributed by atoms with Crippen LogP contribution in [0.3, 0.4) is 0 Å². The van der Waals surface area contributed by atoms with Crippen molar-refractivity contribution in [1.82, 2.24) is 15.5 Å². The van der Waals surface area contributed by atoms with E-state index in [0.29, 0.717) is 12.6 Å². The number of nitrogens with zero attached hydrogens (tertiary/aromatic N) is 2. The van der Waals surface area contributed by atoms with E-state index in [-0.39, 0.29) is 34.6 Å². The number of halogens is 1. The Kier molecular flexibility index (Phi) is 10.7. The summed E-state index contributed by atoms with van der Waals surface area (Å²) in [7, 11) is 0. The normalized spacial score (nSPS) is 19.8. The fourth-order valence-electron chi connectivity index (χ4n) is 4.24. The van der Waals surface area contributed by atoms with Gasteiger partial charge in [-0.15, -0.1) is 35.7 Å². The van der Waals surface area contributed by atoms with Crippen molar-refractivity contribution in [1.29, 1.82) is 0 Å². The fraction of sp³-hybridized carbons (Fsp3) is 0.636. The van der Waals surface area contributed by atoms with E-state index in [1.807, 2.05) is 11.8 Å². The van der Waals surface area contributed by atoms with E-state index >= 15 is 0 Å². The van der Waals surface area contributed by atoms with Gasteiger partial charge in [0.25, 0.3) is 0 Å². The first-order valence-electron chi connectivity index (χ1n) is 10.9. The van der Waals surface area contributed by atoms with Gasteiger partial charge in [0.1, 0.15) is 0 Å². The van der Waals surface area contributed by atoms with Crippen LogP contribution in [0.4, 0.5) is 0 Å². The van der Waals surface area contributed by atoms with Crippen molar-refractivity contribution >= 4 is 47.6 Å². The first-order valence-corrected chi connectivity index (χ1v) is 11.7. The third-order valence-corrected chi connectivity index (χ3v) is 7.25. The lowest BCUT2D eigenvalue weighted by atomic mass is 10.1. The number of primary amides is 1. The van der Waals surface area contributed by atoms with Crippen molar-refractivity contribution in [2.75, 3.05) is 32.7 Å². The van der Waals surface area contributed by atoms with Crippen molar-refractivity contribution < 1.29 is 4.79 Å². The molecule has 1 aliphatic carbocycles. The molecule has 1 saturated carbocycles. The lowest BCUT2D eigenvalue weighted by Gasteiger charge is -2.32. The Morgan fingerprint density at radius 3 is 2.50 bits per heavy atom. The number of aliphatic imine (C=N–C) groups is 1. The molecule has 30 heavy (non-hydrogen) atoms. The molecule has 1 aromatic carbocycles. The second-order valence-corrected chi connectivity index (χ2v) is 9.70. The Hall–Kier alpha value is -1.00. The summed E-state index contributed by atoms with van der Waals surface area (Å²) in [6.45, 7) is 5.95. The maximum absolute atomic E-state index is 11.1. The van der Waals surface area contributed by atoms with Gasteiger partial charge in [-0.1, -0.05) is 31.0 Å². The molecule has 1 saturated heterocycles. The van der Waals surface area contributed by atoms with Crippen molar-refractivity contribution in [2.45, 2.75) is 61.1 Å². The Morgan fingerprint density at radius 1 is 1.23 bits per heavy atom. The van der Waals surface area contributed by atoms with E-state index in [4.69, 9.17) is 10.7 Å². The molecule has 8 heteroatoms. The first kappa shape index (κ1) is 25.3. The topological polar surface area (TPSA) is 82.8 Å². The SMILES string of the molecule is CCNC(=NCC1(Sc2ccccc2)CCCC1)NC1CCN(CC(N)=O)CC1.I. The molecule has 0 atom stereocenters. The highest BCUT2D eigenvalue weighted by atomic mass is 127. The third-order valence-electron chi connectivity index (χ3n) is 5.77. The standard InChI is InChI=1S/C22H35N5OS.HI/c1-2-24-21(26-18-10-14-27(15-11-18)16-20(23)28)25-17-22(12-6-7-13-22)29-19-8-4-3-5-9-19;/h3-5,8-9,18H,2,6-7,10-17H2,1H3,(H2,23,28)(H2,24,25,26);1H. The maximum atomic E-state index is 11.1. The summed E-state index contributed by atoms with van der Waals surface area (Å²) in [4.78, 5) is 19.6. The Balaban J connectivity index is 0.00000320. The van der Waals surface area contributed by atoms with Crippen LogP contribution in [0.5, 0.6) is 0 Å². The molecule has 1 amide bonds. The summed E-state index contributed by atoms with van der Waals surface area (Å²) in [6, 6.07) is 11.1. The average Bonchev–Trinajstić information content (AvgIpc) is 3.17. The minimum atomic E-state index is -0.246. The van der Waals surface area contributed by atoms with Crippen molar-refractivity contribution in [3.05, 3.63) is 30.3 Å². The molecule has 1 aromatic rings. The van der Waals surface area contributed by atoms with Crippen molar-refractivity contribution in [2.24, 2.45) is 10.7 Å². The second kappa shape index (κ2) is 12.8. The van der Waals surface area contributed by atoms with Gasteiger partial charge in [0.05, 0.1) is 13.1 Å². The van der Waals surface area contributed by atoms with Gasteiger partial charge in [0.15, 0.2) is 5.96 Å². The number of thioether (sulfide) groups is 1. The molecule has 168 valence electrons. The summed E-state index contributed by atoms with van der Waals surface area (Å²) in [5.41, 5.74) is 5.32. The number of guanidine groups is 1. The number of carbonyl (C=O) groups excluding carboxylic acids is 1. The number of amides is 1. The third kappa shape index (κ3) is 7.92. The molecule has 0 aromatic heterocycles. The first-order chi connectivity index (χ1) is 14.1. The quantitative estimate of drug-likeness (QED) is 0.266. The van der Waals surface area contributed by atoms with Crippen LogP contribution in [0.25, 0.3) is 0 Å². The highest BCUT2D eigenvalue weighted by Gasteiger charge is 2.35. The zero-order valence-electron chi connectivity index (χ0n) is 17.9. The summed E-state index contributed by atoms with van der Waals surface area (Å²) < 4.78 is 0.203. The van der Waals surface area contributed by atoms with Crippen LogP contribution in [0.2, 0.25) is 0 Å². The minimum Gasteiger partial charge on any atom is -0.369 e. The maximum Gasteiger partial charge on any atom is 0.231 e. The monoisotopic (exact) mass is 545 g/mol. The van der Waals surface area contributed by atoms with E-state index in [9.17, 15) is 4.79 Å². The molecule has 1 aliphatic heterocycles. The minimum absolute atomic E-state index is 0. The second-order valence-electron chi connectivity index (χ2n) is 8.16. The predicted octanol–water partition coefficient (Wildman–Crippen LogP) is 3.21. The number of nitrogens with one attached hydrogen (secondary N) is 2.